The Balaban J connectivity index is 2.67. The van der Waals surface area contributed by atoms with Crippen LogP contribution in [0.15, 0.2) is 38.4 Å². The third-order valence-electron chi connectivity index (χ3n) is 4.01. The number of pyridine rings is 1. The molecule has 0 aliphatic rings. The fourth-order valence-corrected chi connectivity index (χ4v) is 3.77. The van der Waals surface area contributed by atoms with E-state index in [1.807, 2.05) is 19.4 Å². The van der Waals surface area contributed by atoms with Crippen molar-refractivity contribution in [3.05, 3.63) is 28.5 Å². The minimum Gasteiger partial charge on any atom is -0.372 e. The summed E-state index contributed by atoms with van der Waals surface area (Å²) in [6.45, 7) is 7.57. The average Bonchev–Trinajstić information content (AvgIpc) is 2.61. The van der Waals surface area contributed by atoms with Gasteiger partial charge in [-0.25, -0.2) is 9.98 Å². The standard InChI is InChI=1S/C19H31BrN4S/c1-6-8-9-10-24(5)15(3)22-12-16(7-2)14-25-18-11-17(20)13-23-19(18)21-4/h11-13H,6-10,14H2,1-5H3,(H,21,23)/b16-12+,22-15?. The van der Waals surface area contributed by atoms with E-state index in [0.29, 0.717) is 0 Å². The molecule has 0 spiro atoms. The summed E-state index contributed by atoms with van der Waals surface area (Å²) in [7, 11) is 4.02. The van der Waals surface area contributed by atoms with E-state index in [-0.39, 0.29) is 0 Å². The lowest BCUT2D eigenvalue weighted by Crippen LogP contribution is -2.25. The Kier molecular flexibility index (Phi) is 10.9. The summed E-state index contributed by atoms with van der Waals surface area (Å²) in [6.07, 6.45) is 8.60. The van der Waals surface area contributed by atoms with Crippen LogP contribution in [0, 0.1) is 0 Å². The molecule has 1 heterocycles. The highest BCUT2D eigenvalue weighted by molar-refractivity contribution is 9.10. The predicted molar refractivity (Wildman–Crippen MR) is 116 cm³/mol. The van der Waals surface area contributed by atoms with Crippen molar-refractivity contribution in [1.82, 2.24) is 9.88 Å². The quantitative estimate of drug-likeness (QED) is 0.221. The molecular weight excluding hydrogens is 396 g/mol. The molecule has 0 aliphatic heterocycles. The van der Waals surface area contributed by atoms with Crippen molar-refractivity contribution in [2.75, 3.05) is 31.7 Å². The van der Waals surface area contributed by atoms with Crippen LogP contribution >= 0.6 is 27.7 Å². The molecule has 0 aromatic carbocycles. The number of thioether (sulfide) groups is 1. The molecule has 1 aromatic heterocycles. The maximum Gasteiger partial charge on any atom is 0.139 e. The Bertz CT molecular complexity index is 587. The van der Waals surface area contributed by atoms with Gasteiger partial charge in [-0.3, -0.25) is 0 Å². The summed E-state index contributed by atoms with van der Waals surface area (Å²) in [5, 5.41) is 3.15. The molecule has 0 saturated carbocycles. The lowest BCUT2D eigenvalue weighted by atomic mass is 10.2. The van der Waals surface area contributed by atoms with Gasteiger partial charge >= 0.3 is 0 Å². The van der Waals surface area contributed by atoms with E-state index >= 15 is 0 Å². The van der Waals surface area contributed by atoms with Crippen LogP contribution in [0.25, 0.3) is 0 Å². The van der Waals surface area contributed by atoms with Crippen LogP contribution in [-0.4, -0.2) is 42.1 Å². The van der Waals surface area contributed by atoms with Crippen molar-refractivity contribution in [2.45, 2.75) is 51.3 Å². The molecule has 140 valence electrons. The molecular formula is C19H31BrN4S. The van der Waals surface area contributed by atoms with Crippen LogP contribution in [0.5, 0.6) is 0 Å². The number of nitrogens with one attached hydrogen (secondary N) is 1. The van der Waals surface area contributed by atoms with Gasteiger partial charge in [-0.15, -0.1) is 11.8 Å². The van der Waals surface area contributed by atoms with Gasteiger partial charge in [0.1, 0.15) is 11.7 Å². The third-order valence-corrected chi connectivity index (χ3v) is 5.58. The Morgan fingerprint density at radius 3 is 2.80 bits per heavy atom. The van der Waals surface area contributed by atoms with E-state index in [2.05, 4.69) is 70.0 Å². The Morgan fingerprint density at radius 2 is 2.16 bits per heavy atom. The van der Waals surface area contributed by atoms with E-state index in [0.717, 1.165) is 39.7 Å². The second-order valence-electron chi connectivity index (χ2n) is 5.98. The maximum absolute atomic E-state index is 4.67. The highest BCUT2D eigenvalue weighted by Crippen LogP contribution is 2.29. The van der Waals surface area contributed by atoms with Crippen molar-refractivity contribution in [1.29, 1.82) is 0 Å². The zero-order chi connectivity index (χ0) is 18.7. The van der Waals surface area contributed by atoms with E-state index < -0.39 is 0 Å². The van der Waals surface area contributed by atoms with Gasteiger partial charge in [0.2, 0.25) is 0 Å². The van der Waals surface area contributed by atoms with Crippen molar-refractivity contribution in [2.24, 2.45) is 4.99 Å². The molecule has 1 N–H and O–H groups in total. The van der Waals surface area contributed by atoms with E-state index in [4.69, 9.17) is 0 Å². The summed E-state index contributed by atoms with van der Waals surface area (Å²) in [5.74, 6) is 2.91. The predicted octanol–water partition coefficient (Wildman–Crippen LogP) is 5.81. The van der Waals surface area contributed by atoms with E-state index in [1.54, 1.807) is 11.8 Å². The number of amidine groups is 1. The molecule has 4 nitrogen and oxygen atoms in total. The molecule has 0 amide bonds. The Hall–Kier alpha value is -1.01. The molecule has 0 bridgehead atoms. The lowest BCUT2D eigenvalue weighted by Gasteiger charge is -2.18. The van der Waals surface area contributed by atoms with E-state index in [9.17, 15) is 0 Å². The zero-order valence-electron chi connectivity index (χ0n) is 16.1. The van der Waals surface area contributed by atoms with Crippen molar-refractivity contribution < 1.29 is 0 Å². The van der Waals surface area contributed by atoms with Gasteiger partial charge in [0, 0.05) is 43.3 Å². The first-order valence-electron chi connectivity index (χ1n) is 8.91. The normalized spacial score (nSPS) is 12.4. The number of unbranched alkanes of at least 4 members (excludes halogenated alkanes) is 2. The van der Waals surface area contributed by atoms with E-state index in [1.165, 1.54) is 24.8 Å². The van der Waals surface area contributed by atoms with Gasteiger partial charge in [0.15, 0.2) is 0 Å². The fourth-order valence-electron chi connectivity index (χ4n) is 2.16. The first kappa shape index (κ1) is 22.0. The highest BCUT2D eigenvalue weighted by atomic mass is 79.9. The summed E-state index contributed by atoms with van der Waals surface area (Å²) in [5.41, 5.74) is 1.33. The summed E-state index contributed by atoms with van der Waals surface area (Å²) < 4.78 is 0.999. The molecule has 1 aromatic rings. The monoisotopic (exact) mass is 426 g/mol. The number of halogens is 1. The largest absolute Gasteiger partial charge is 0.372 e. The van der Waals surface area contributed by atoms with Crippen molar-refractivity contribution >= 4 is 39.3 Å². The van der Waals surface area contributed by atoms with Crippen LogP contribution in [-0.2, 0) is 0 Å². The van der Waals surface area contributed by atoms with Crippen molar-refractivity contribution in [3.8, 4) is 0 Å². The smallest absolute Gasteiger partial charge is 0.139 e. The van der Waals surface area contributed by atoms with Gasteiger partial charge < -0.3 is 10.2 Å². The number of aliphatic imine (C=N–C) groups is 1. The molecule has 25 heavy (non-hydrogen) atoms. The Labute approximate surface area is 165 Å². The minimum absolute atomic E-state index is 0.916. The van der Waals surface area contributed by atoms with Crippen LogP contribution in [0.2, 0.25) is 0 Å². The number of hydrogen-bond acceptors (Lipinski definition) is 4. The second-order valence-corrected chi connectivity index (χ2v) is 7.92. The molecule has 0 fully saturated rings. The fraction of sp³-hybridized carbons (Fsp3) is 0.579. The van der Waals surface area contributed by atoms with Crippen LogP contribution < -0.4 is 5.32 Å². The number of aromatic nitrogens is 1. The van der Waals surface area contributed by atoms with Gasteiger partial charge in [0.05, 0.1) is 4.90 Å². The number of nitrogens with zero attached hydrogens (tertiary/aromatic N) is 3. The first-order chi connectivity index (χ1) is 12.0. The van der Waals surface area contributed by atoms with Crippen LogP contribution in [0.4, 0.5) is 5.82 Å². The van der Waals surface area contributed by atoms with Crippen LogP contribution in [0.3, 0.4) is 0 Å². The lowest BCUT2D eigenvalue weighted by molar-refractivity contribution is 0.473. The molecule has 0 atom stereocenters. The summed E-state index contributed by atoms with van der Waals surface area (Å²) in [6, 6.07) is 2.10. The molecule has 0 radical (unpaired) electrons. The van der Waals surface area contributed by atoms with Crippen LogP contribution in [0.1, 0.15) is 46.5 Å². The molecule has 0 saturated heterocycles. The average molecular weight is 427 g/mol. The second kappa shape index (κ2) is 12.4. The summed E-state index contributed by atoms with van der Waals surface area (Å²) >= 11 is 5.28. The topological polar surface area (TPSA) is 40.5 Å². The van der Waals surface area contributed by atoms with Gasteiger partial charge in [-0.05, 0) is 47.3 Å². The molecule has 6 heteroatoms. The number of rotatable bonds is 10. The summed E-state index contributed by atoms with van der Waals surface area (Å²) in [4.78, 5) is 12.5. The number of anilines is 1. The molecule has 0 unspecified atom stereocenters. The molecule has 0 aliphatic carbocycles. The van der Waals surface area contributed by atoms with Crippen molar-refractivity contribution in [3.63, 3.8) is 0 Å². The third kappa shape index (κ3) is 8.27. The maximum atomic E-state index is 4.67. The Morgan fingerprint density at radius 1 is 1.40 bits per heavy atom. The number of hydrogen-bond donors (Lipinski definition) is 1. The zero-order valence-corrected chi connectivity index (χ0v) is 18.5. The van der Waals surface area contributed by atoms with Gasteiger partial charge in [0.25, 0.3) is 0 Å². The van der Waals surface area contributed by atoms with Gasteiger partial charge in [-0.1, -0.05) is 26.7 Å². The molecule has 1 rings (SSSR count). The highest BCUT2D eigenvalue weighted by Gasteiger charge is 2.06. The first-order valence-corrected chi connectivity index (χ1v) is 10.7. The minimum atomic E-state index is 0.916. The van der Waals surface area contributed by atoms with Gasteiger partial charge in [-0.2, -0.15) is 0 Å². The SMILES string of the molecule is CCCCCN(C)C(C)=N/C=C(\CC)CSc1cc(Br)cnc1NC.